The molecular weight excluding hydrogens is 108 g/mol. The van der Waals surface area contributed by atoms with Gasteiger partial charge in [-0.2, -0.15) is 0 Å². The first-order chi connectivity index (χ1) is 6.05. The Kier molecular flexibility index (Phi) is 0.668. The van der Waals surface area contributed by atoms with Crippen molar-refractivity contribution >= 4 is 0 Å². The van der Waals surface area contributed by atoms with Crippen molar-refractivity contribution in [2.24, 2.45) is 5.41 Å². The van der Waals surface area contributed by atoms with Crippen LogP contribution in [0.3, 0.4) is 0 Å². The van der Waals surface area contributed by atoms with E-state index in [2.05, 4.69) is 0 Å². The van der Waals surface area contributed by atoms with Crippen molar-refractivity contribution in [3.63, 3.8) is 0 Å². The third kappa shape index (κ3) is 1.85. The zero-order valence-corrected chi connectivity index (χ0v) is 5.99. The second-order valence-corrected chi connectivity index (χ2v) is 3.22. The van der Waals surface area contributed by atoms with Crippen LogP contribution >= 0.6 is 0 Å². The molecule has 0 fully saturated rings. The summed E-state index contributed by atoms with van der Waals surface area (Å²) in [5.41, 5.74) is -0.226. The quantitative estimate of drug-likeness (QED) is 0.441. The normalized spacial score (nSPS) is 40.7. The smallest absolute Gasteiger partial charge is 0.0312 e. The van der Waals surface area contributed by atoms with Gasteiger partial charge in [0, 0.05) is 6.85 Å². The summed E-state index contributed by atoms with van der Waals surface area (Å²) in [6.45, 7) is 1.57. The first kappa shape index (κ1) is 2.77. The molecule has 9 heavy (non-hydrogen) atoms. The van der Waals surface area contributed by atoms with E-state index in [1.165, 1.54) is 0 Å². The van der Waals surface area contributed by atoms with Gasteiger partial charge < -0.3 is 0 Å². The number of hydrogen-bond acceptors (Lipinski definition) is 0. The summed E-state index contributed by atoms with van der Waals surface area (Å²) in [7, 11) is 0. The molecule has 0 bridgehead atoms. The van der Waals surface area contributed by atoms with Gasteiger partial charge in [0.05, 0.1) is 0 Å². The van der Waals surface area contributed by atoms with E-state index in [9.17, 15) is 0 Å². The fourth-order valence-corrected chi connectivity index (χ4v) is 1.03. The highest BCUT2D eigenvalue weighted by Gasteiger charge is 2.17. The van der Waals surface area contributed by atoms with Gasteiger partial charge in [-0.1, -0.05) is 25.5 Å². The SMILES string of the molecule is [2H]C([2H])([2H])C1=CC(C)(C)CCC1([2H])[2H]. The van der Waals surface area contributed by atoms with E-state index in [-0.39, 0.29) is 11.0 Å². The van der Waals surface area contributed by atoms with E-state index in [1.807, 2.05) is 13.8 Å². The van der Waals surface area contributed by atoms with Crippen LogP contribution in [0.5, 0.6) is 0 Å². The van der Waals surface area contributed by atoms with E-state index >= 15 is 0 Å². The van der Waals surface area contributed by atoms with Crippen LogP contribution in [0, 0.1) is 5.41 Å². The van der Waals surface area contributed by atoms with Gasteiger partial charge in [-0.05, 0) is 31.5 Å². The average molecular weight is 129 g/mol. The molecule has 0 spiro atoms. The number of hydrogen-bond donors (Lipinski definition) is 0. The van der Waals surface area contributed by atoms with E-state index in [1.54, 1.807) is 6.08 Å². The Labute approximate surface area is 65.0 Å². The molecule has 0 amide bonds. The molecule has 1 aliphatic rings. The molecule has 1 aliphatic carbocycles. The van der Waals surface area contributed by atoms with Gasteiger partial charge in [-0.15, -0.1) is 0 Å². The van der Waals surface area contributed by atoms with Gasteiger partial charge in [0.15, 0.2) is 0 Å². The van der Waals surface area contributed by atoms with E-state index in [0.717, 1.165) is 0 Å². The highest BCUT2D eigenvalue weighted by Crippen LogP contribution is 2.32. The van der Waals surface area contributed by atoms with Crippen molar-refractivity contribution in [3.05, 3.63) is 11.6 Å². The fraction of sp³-hybridized carbons (Fsp3) is 0.778. The molecule has 0 heterocycles. The highest BCUT2D eigenvalue weighted by atomic mass is 14.2. The summed E-state index contributed by atoms with van der Waals surface area (Å²) in [6.07, 6.45) is 0.911. The second-order valence-electron chi connectivity index (χ2n) is 3.22. The molecule has 0 aromatic heterocycles. The molecule has 1 rings (SSSR count). The number of rotatable bonds is 0. The van der Waals surface area contributed by atoms with E-state index < -0.39 is 13.2 Å². The predicted octanol–water partition coefficient (Wildman–Crippen LogP) is 3.14. The average Bonchev–Trinajstić information content (AvgIpc) is 1.93. The van der Waals surface area contributed by atoms with Crippen molar-refractivity contribution in [2.75, 3.05) is 0 Å². The molecule has 0 unspecified atom stereocenters. The Morgan fingerprint density at radius 2 is 2.56 bits per heavy atom. The minimum atomic E-state index is -2.30. The molecule has 0 radical (unpaired) electrons. The molecular formula is C9H16. The van der Waals surface area contributed by atoms with Gasteiger partial charge in [0.1, 0.15) is 0 Å². The van der Waals surface area contributed by atoms with Crippen LogP contribution in [0.4, 0.5) is 0 Å². The van der Waals surface area contributed by atoms with Crippen LogP contribution in [0.1, 0.15) is 46.8 Å². The van der Waals surface area contributed by atoms with Gasteiger partial charge in [-0.25, -0.2) is 0 Å². The van der Waals surface area contributed by atoms with Crippen LogP contribution < -0.4 is 0 Å². The first-order valence-corrected chi connectivity index (χ1v) is 3.28. The predicted molar refractivity (Wildman–Crippen MR) is 41.4 cm³/mol. The van der Waals surface area contributed by atoms with Crippen molar-refractivity contribution in [2.45, 2.75) is 39.9 Å². The zero-order chi connectivity index (χ0) is 11.2. The summed E-state index contributed by atoms with van der Waals surface area (Å²) in [6, 6.07) is 0. The third-order valence-electron chi connectivity index (χ3n) is 1.62. The van der Waals surface area contributed by atoms with Crippen molar-refractivity contribution in [3.8, 4) is 0 Å². The maximum Gasteiger partial charge on any atom is 0.0312 e. The minimum absolute atomic E-state index is 0.0266. The largest absolute Gasteiger partial charge is 0.0799 e. The third-order valence-corrected chi connectivity index (χ3v) is 1.62. The lowest BCUT2D eigenvalue weighted by atomic mass is 9.80. The second kappa shape index (κ2) is 2.17. The molecule has 0 aromatic carbocycles. The molecule has 0 aromatic rings. The van der Waals surface area contributed by atoms with Gasteiger partial charge >= 0.3 is 0 Å². The lowest BCUT2D eigenvalue weighted by Crippen LogP contribution is -2.11. The standard InChI is InChI=1S/C9H16/c1-8-5-4-6-9(2,3)7-8/h7H,4-6H2,1-3H3/i1D3,5D2. The Balaban J connectivity index is 3.14. The van der Waals surface area contributed by atoms with Crippen molar-refractivity contribution in [1.29, 1.82) is 0 Å². The van der Waals surface area contributed by atoms with Gasteiger partial charge in [-0.3, -0.25) is 0 Å². The maximum atomic E-state index is 7.65. The summed E-state index contributed by atoms with van der Waals surface area (Å²) >= 11 is 0. The molecule has 52 valence electrons. The van der Waals surface area contributed by atoms with Crippen LogP contribution in [0.25, 0.3) is 0 Å². The molecule has 0 nitrogen and oxygen atoms in total. The summed E-state index contributed by atoms with van der Waals surface area (Å²) in [5, 5.41) is 0. The molecule has 0 aliphatic heterocycles. The Morgan fingerprint density at radius 3 is 3.11 bits per heavy atom. The lowest BCUT2D eigenvalue weighted by molar-refractivity contribution is 0.397. The van der Waals surface area contributed by atoms with Gasteiger partial charge in [0.2, 0.25) is 0 Å². The lowest BCUT2D eigenvalue weighted by Gasteiger charge is -2.25. The molecule has 0 N–H and O–H groups in total. The van der Waals surface area contributed by atoms with Crippen LogP contribution in [0.15, 0.2) is 11.6 Å². The summed E-state index contributed by atoms with van der Waals surface area (Å²) in [5.74, 6) is 0. The summed E-state index contributed by atoms with van der Waals surface area (Å²) < 4.78 is 37.2. The van der Waals surface area contributed by atoms with E-state index in [4.69, 9.17) is 6.85 Å². The molecule has 0 saturated heterocycles. The Morgan fingerprint density at radius 1 is 1.78 bits per heavy atom. The highest BCUT2D eigenvalue weighted by molar-refractivity contribution is 5.08. The van der Waals surface area contributed by atoms with Crippen molar-refractivity contribution in [1.82, 2.24) is 0 Å². The van der Waals surface area contributed by atoms with Crippen LogP contribution in [-0.4, -0.2) is 0 Å². The topological polar surface area (TPSA) is 0 Å². The summed E-state index contributed by atoms with van der Waals surface area (Å²) in [4.78, 5) is 0. The molecule has 0 heteroatoms. The van der Waals surface area contributed by atoms with Crippen LogP contribution in [-0.2, 0) is 0 Å². The first-order valence-electron chi connectivity index (χ1n) is 5.78. The molecule has 0 atom stereocenters. The maximum absolute atomic E-state index is 7.65. The number of allylic oxidation sites excluding steroid dienone is 2. The van der Waals surface area contributed by atoms with Crippen molar-refractivity contribution < 1.29 is 6.85 Å². The monoisotopic (exact) mass is 129 g/mol. The Bertz CT molecular complexity index is 259. The molecule has 0 saturated carbocycles. The Hall–Kier alpha value is -0.260. The zero-order valence-electron chi connectivity index (χ0n) is 11.0. The fourth-order valence-electron chi connectivity index (χ4n) is 1.03. The van der Waals surface area contributed by atoms with Gasteiger partial charge in [0.25, 0.3) is 0 Å². The van der Waals surface area contributed by atoms with E-state index in [0.29, 0.717) is 12.8 Å². The van der Waals surface area contributed by atoms with Crippen LogP contribution in [0.2, 0.25) is 0 Å². The minimum Gasteiger partial charge on any atom is -0.0799 e.